The van der Waals surface area contributed by atoms with Crippen LogP contribution in [0.15, 0.2) is 0 Å². The topological polar surface area (TPSA) is 66.4 Å². The highest BCUT2D eigenvalue weighted by Gasteiger charge is 2.57. The van der Waals surface area contributed by atoms with Crippen molar-refractivity contribution in [1.29, 1.82) is 0 Å². The summed E-state index contributed by atoms with van der Waals surface area (Å²) < 4.78 is 37.9. The highest BCUT2D eigenvalue weighted by molar-refractivity contribution is 6.04. The van der Waals surface area contributed by atoms with E-state index in [0.29, 0.717) is 12.8 Å². The largest absolute Gasteiger partial charge is 0.480 e. The number of carboxylic acid groups (broad SMARTS) is 1. The molecule has 0 bridgehead atoms. The fraction of sp³-hybridized carbons (Fsp3) is 0.833. The zero-order chi connectivity index (χ0) is 14.3. The summed E-state index contributed by atoms with van der Waals surface area (Å²) in [6.45, 7) is 0. The summed E-state index contributed by atoms with van der Waals surface area (Å²) in [6.07, 6.45) is -2.89. The minimum Gasteiger partial charge on any atom is -0.480 e. The van der Waals surface area contributed by atoms with Gasteiger partial charge in [-0.2, -0.15) is 13.2 Å². The number of alkyl halides is 3. The predicted molar refractivity (Wildman–Crippen MR) is 59.2 cm³/mol. The average molecular weight is 279 g/mol. The van der Waals surface area contributed by atoms with Crippen LogP contribution in [0.1, 0.15) is 38.5 Å². The van der Waals surface area contributed by atoms with Gasteiger partial charge in [0.25, 0.3) is 0 Å². The molecule has 2 rings (SSSR count). The van der Waals surface area contributed by atoms with Crippen molar-refractivity contribution in [2.24, 2.45) is 11.3 Å². The van der Waals surface area contributed by atoms with Crippen LogP contribution in [-0.4, -0.2) is 29.2 Å². The van der Waals surface area contributed by atoms with Crippen molar-refractivity contribution >= 4 is 11.9 Å². The van der Waals surface area contributed by atoms with Crippen molar-refractivity contribution in [2.75, 3.05) is 0 Å². The van der Waals surface area contributed by atoms with Gasteiger partial charge in [-0.05, 0) is 32.1 Å². The van der Waals surface area contributed by atoms with Gasteiger partial charge in [-0.3, -0.25) is 9.59 Å². The van der Waals surface area contributed by atoms with Gasteiger partial charge in [0.15, 0.2) is 0 Å². The van der Waals surface area contributed by atoms with Gasteiger partial charge in [0.2, 0.25) is 5.91 Å². The molecule has 0 unspecified atom stereocenters. The van der Waals surface area contributed by atoms with Crippen LogP contribution in [0.5, 0.6) is 0 Å². The quantitative estimate of drug-likeness (QED) is 0.777. The predicted octanol–water partition coefficient (Wildman–Crippen LogP) is 2.09. The Morgan fingerprint density at radius 1 is 1.21 bits per heavy atom. The molecule has 0 radical (unpaired) electrons. The smallest absolute Gasteiger partial charge is 0.391 e. The van der Waals surface area contributed by atoms with Gasteiger partial charge in [0.05, 0.1) is 5.92 Å². The molecule has 0 spiro atoms. The summed E-state index contributed by atoms with van der Waals surface area (Å²) in [4.78, 5) is 22.8. The van der Waals surface area contributed by atoms with Crippen molar-refractivity contribution in [3.05, 3.63) is 0 Å². The summed E-state index contributed by atoms with van der Waals surface area (Å²) in [5.74, 6) is -3.22. The molecule has 0 aromatic heterocycles. The van der Waals surface area contributed by atoms with Crippen molar-refractivity contribution in [3.63, 3.8) is 0 Å². The number of hydrogen-bond acceptors (Lipinski definition) is 2. The van der Waals surface area contributed by atoms with Crippen molar-refractivity contribution < 1.29 is 27.9 Å². The van der Waals surface area contributed by atoms with Crippen LogP contribution in [-0.2, 0) is 9.59 Å². The van der Waals surface area contributed by atoms with Gasteiger partial charge in [-0.1, -0.05) is 6.42 Å². The molecular formula is C12H16F3NO3. The monoisotopic (exact) mass is 279 g/mol. The lowest BCUT2D eigenvalue weighted by Gasteiger charge is -2.31. The number of carbonyl (C=O) groups is 2. The third-order valence-electron chi connectivity index (χ3n) is 4.07. The Kier molecular flexibility index (Phi) is 3.49. The Hall–Kier alpha value is -1.27. The molecule has 108 valence electrons. The molecule has 4 nitrogen and oxygen atoms in total. The number of rotatable bonds is 3. The molecule has 1 amide bonds. The molecule has 2 aliphatic carbocycles. The maximum Gasteiger partial charge on any atom is 0.391 e. The van der Waals surface area contributed by atoms with Crippen molar-refractivity contribution in [3.8, 4) is 0 Å². The Labute approximate surface area is 108 Å². The lowest BCUT2D eigenvalue weighted by molar-refractivity contribution is -0.184. The number of carbonyl (C=O) groups excluding carboxylic acids is 1. The third-order valence-corrected chi connectivity index (χ3v) is 4.07. The van der Waals surface area contributed by atoms with Crippen LogP contribution in [0, 0.1) is 11.3 Å². The van der Waals surface area contributed by atoms with Crippen LogP contribution in [0.3, 0.4) is 0 Å². The SMILES string of the molecule is O=C(O)C1(C(=O)N[C@H]2CCC[C@@H](C(F)(F)F)C2)CC1. The molecule has 2 N–H and O–H groups in total. The second-order valence-electron chi connectivity index (χ2n) is 5.46. The second-order valence-corrected chi connectivity index (χ2v) is 5.46. The molecule has 2 fully saturated rings. The van der Waals surface area contributed by atoms with E-state index >= 15 is 0 Å². The summed E-state index contributed by atoms with van der Waals surface area (Å²) in [5, 5.41) is 11.4. The number of aliphatic carboxylic acids is 1. The Morgan fingerprint density at radius 2 is 1.84 bits per heavy atom. The minimum absolute atomic E-state index is 0.0833. The molecular weight excluding hydrogens is 263 g/mol. The Bertz CT molecular complexity index is 390. The number of carboxylic acids is 1. The zero-order valence-corrected chi connectivity index (χ0v) is 10.3. The maximum atomic E-state index is 12.6. The molecule has 0 heterocycles. The molecule has 2 atom stereocenters. The van der Waals surface area contributed by atoms with Crippen LogP contribution >= 0.6 is 0 Å². The summed E-state index contributed by atoms with van der Waals surface area (Å²) in [6, 6.07) is -0.565. The van der Waals surface area contributed by atoms with Gasteiger partial charge >= 0.3 is 12.1 Å². The van der Waals surface area contributed by atoms with Gasteiger partial charge in [0.1, 0.15) is 5.41 Å². The van der Waals surface area contributed by atoms with E-state index in [2.05, 4.69) is 5.32 Å². The van der Waals surface area contributed by atoms with Crippen molar-refractivity contribution in [2.45, 2.75) is 50.7 Å². The van der Waals surface area contributed by atoms with E-state index in [0.717, 1.165) is 0 Å². The molecule has 0 saturated heterocycles. The lowest BCUT2D eigenvalue weighted by Crippen LogP contribution is -2.46. The first-order valence-electron chi connectivity index (χ1n) is 6.37. The molecule has 2 aliphatic rings. The maximum absolute atomic E-state index is 12.6. The van der Waals surface area contributed by atoms with Crippen LogP contribution < -0.4 is 5.32 Å². The number of amides is 1. The summed E-state index contributed by atoms with van der Waals surface area (Å²) in [7, 11) is 0. The van der Waals surface area contributed by atoms with Crippen LogP contribution in [0.25, 0.3) is 0 Å². The van der Waals surface area contributed by atoms with E-state index in [1.165, 1.54) is 0 Å². The Morgan fingerprint density at radius 3 is 2.32 bits per heavy atom. The first-order valence-corrected chi connectivity index (χ1v) is 6.37. The molecule has 2 saturated carbocycles. The highest BCUT2D eigenvalue weighted by Crippen LogP contribution is 2.46. The van der Waals surface area contributed by atoms with Crippen LogP contribution in [0.4, 0.5) is 13.2 Å². The number of hydrogen-bond donors (Lipinski definition) is 2. The summed E-state index contributed by atoms with van der Waals surface area (Å²) >= 11 is 0. The third kappa shape index (κ3) is 2.84. The highest BCUT2D eigenvalue weighted by atomic mass is 19.4. The standard InChI is InChI=1S/C12H16F3NO3/c13-12(14,15)7-2-1-3-8(6-7)16-9(17)11(4-5-11)10(18)19/h7-8H,1-6H2,(H,16,17)(H,18,19)/t7-,8+/m1/s1. The lowest BCUT2D eigenvalue weighted by atomic mass is 9.85. The van der Waals surface area contributed by atoms with E-state index < -0.39 is 35.4 Å². The van der Waals surface area contributed by atoms with E-state index in [1.54, 1.807) is 0 Å². The van der Waals surface area contributed by atoms with Gasteiger partial charge < -0.3 is 10.4 Å². The zero-order valence-electron chi connectivity index (χ0n) is 10.3. The van der Waals surface area contributed by atoms with E-state index in [9.17, 15) is 22.8 Å². The minimum atomic E-state index is -4.24. The first-order chi connectivity index (χ1) is 8.75. The van der Waals surface area contributed by atoms with Crippen molar-refractivity contribution in [1.82, 2.24) is 5.32 Å². The first kappa shape index (κ1) is 14.1. The fourth-order valence-electron chi connectivity index (χ4n) is 2.60. The number of nitrogens with one attached hydrogen (secondary N) is 1. The molecule has 19 heavy (non-hydrogen) atoms. The van der Waals surface area contributed by atoms with E-state index in [4.69, 9.17) is 5.11 Å². The Balaban J connectivity index is 1.93. The number of halogens is 3. The normalized spacial score (nSPS) is 29.6. The molecule has 0 aliphatic heterocycles. The average Bonchev–Trinajstić information content (AvgIpc) is 3.09. The van der Waals surface area contributed by atoms with Gasteiger partial charge in [-0.15, -0.1) is 0 Å². The van der Waals surface area contributed by atoms with E-state index in [1.807, 2.05) is 0 Å². The molecule has 7 heteroatoms. The fourth-order valence-corrected chi connectivity index (χ4v) is 2.60. The van der Waals surface area contributed by atoms with Gasteiger partial charge in [-0.25, -0.2) is 0 Å². The van der Waals surface area contributed by atoms with E-state index in [-0.39, 0.29) is 25.7 Å². The molecule has 0 aromatic rings. The molecule has 0 aromatic carbocycles. The van der Waals surface area contributed by atoms with Crippen LogP contribution in [0.2, 0.25) is 0 Å². The second kappa shape index (κ2) is 4.68. The van der Waals surface area contributed by atoms with Gasteiger partial charge in [0, 0.05) is 6.04 Å². The summed E-state index contributed by atoms with van der Waals surface area (Å²) in [5.41, 5.74) is -1.38.